The molecule has 0 bridgehead atoms. The predicted molar refractivity (Wildman–Crippen MR) is 135 cm³/mol. The van der Waals surface area contributed by atoms with E-state index in [1.54, 1.807) is 6.07 Å². The van der Waals surface area contributed by atoms with Gasteiger partial charge in [-0.05, 0) is 67.6 Å². The van der Waals surface area contributed by atoms with Crippen molar-refractivity contribution in [2.24, 2.45) is 0 Å². The lowest BCUT2D eigenvalue weighted by Gasteiger charge is -2.27. The van der Waals surface area contributed by atoms with Crippen LogP contribution in [0, 0.1) is 13.8 Å². The van der Waals surface area contributed by atoms with Crippen LogP contribution in [0.15, 0.2) is 36.4 Å². The number of pyridine rings is 1. The Hall–Kier alpha value is -3.16. The number of aryl methyl sites for hydroxylation is 2. The number of benzene rings is 2. The molecule has 0 saturated carbocycles. The Kier molecular flexibility index (Phi) is 6.39. The molecule has 2 saturated heterocycles. The van der Waals surface area contributed by atoms with Gasteiger partial charge in [-0.1, -0.05) is 6.07 Å². The van der Waals surface area contributed by atoms with E-state index in [0.717, 1.165) is 97.7 Å². The minimum Gasteiger partial charge on any atom is -0.493 e. The van der Waals surface area contributed by atoms with Gasteiger partial charge in [0.25, 0.3) is 5.91 Å². The average molecular weight is 461 g/mol. The van der Waals surface area contributed by atoms with E-state index in [1.807, 2.05) is 26.0 Å². The maximum Gasteiger partial charge on any atom is 0.257 e. The molecule has 178 valence electrons. The van der Waals surface area contributed by atoms with Crippen LogP contribution in [0.3, 0.4) is 0 Å². The zero-order valence-electron chi connectivity index (χ0n) is 19.9. The molecular formula is C27H32N4O3. The number of aromatic nitrogens is 1. The fourth-order valence-electron chi connectivity index (χ4n) is 4.97. The lowest BCUT2D eigenvalue weighted by Crippen LogP contribution is -2.35. The number of hydrogen-bond acceptors (Lipinski definition) is 6. The maximum absolute atomic E-state index is 13.6. The highest BCUT2D eigenvalue weighted by molar-refractivity contribution is 6.09. The number of ether oxygens (including phenoxy) is 1. The molecule has 1 amide bonds. The van der Waals surface area contributed by atoms with Crippen molar-refractivity contribution in [1.82, 2.24) is 9.88 Å². The van der Waals surface area contributed by atoms with Crippen LogP contribution in [-0.4, -0.2) is 60.3 Å². The zero-order chi connectivity index (χ0) is 23.7. The van der Waals surface area contributed by atoms with Crippen LogP contribution in [0.1, 0.15) is 39.9 Å². The van der Waals surface area contributed by atoms with Gasteiger partial charge in [-0.2, -0.15) is 0 Å². The summed E-state index contributed by atoms with van der Waals surface area (Å²) < 4.78 is 5.48. The van der Waals surface area contributed by atoms with E-state index in [4.69, 9.17) is 4.74 Å². The van der Waals surface area contributed by atoms with Crippen LogP contribution < -0.4 is 10.2 Å². The van der Waals surface area contributed by atoms with E-state index >= 15 is 0 Å². The fourth-order valence-corrected chi connectivity index (χ4v) is 4.97. The van der Waals surface area contributed by atoms with Crippen molar-refractivity contribution in [2.45, 2.75) is 33.2 Å². The average Bonchev–Trinajstić information content (AvgIpc) is 3.35. The van der Waals surface area contributed by atoms with E-state index in [1.165, 1.54) is 0 Å². The van der Waals surface area contributed by atoms with Crippen molar-refractivity contribution < 1.29 is 14.6 Å². The van der Waals surface area contributed by atoms with E-state index in [9.17, 15) is 9.90 Å². The number of nitrogens with one attached hydrogen (secondary N) is 1. The highest BCUT2D eigenvalue weighted by Gasteiger charge is 2.22. The molecule has 0 spiro atoms. The highest BCUT2D eigenvalue weighted by Crippen LogP contribution is 2.30. The van der Waals surface area contributed by atoms with Gasteiger partial charge in [0.05, 0.1) is 24.3 Å². The van der Waals surface area contributed by atoms with Crippen LogP contribution in [0.4, 0.5) is 11.4 Å². The first kappa shape index (κ1) is 22.6. The Balaban J connectivity index is 1.46. The Morgan fingerprint density at radius 1 is 1.03 bits per heavy atom. The molecule has 3 aromatic rings. The molecule has 2 fully saturated rings. The predicted octanol–water partition coefficient (Wildman–Crippen LogP) is 4.24. The molecule has 3 heterocycles. The smallest absolute Gasteiger partial charge is 0.257 e. The second-order valence-electron chi connectivity index (χ2n) is 9.37. The Labute approximate surface area is 200 Å². The highest BCUT2D eigenvalue weighted by atomic mass is 16.5. The van der Waals surface area contributed by atoms with Gasteiger partial charge < -0.3 is 20.1 Å². The molecule has 34 heavy (non-hydrogen) atoms. The molecule has 7 heteroatoms. The maximum atomic E-state index is 13.6. The Morgan fingerprint density at radius 3 is 2.56 bits per heavy atom. The molecule has 0 unspecified atom stereocenters. The lowest BCUT2D eigenvalue weighted by molar-refractivity contribution is 0.0342. The SMILES string of the molecule is Cc1cc2nc(O)cc(C)c2cc1NC(=O)c1cc(CN2CCOCC2)ccc1N1CCCC1. The van der Waals surface area contributed by atoms with Gasteiger partial charge in [-0.15, -0.1) is 0 Å². The number of anilines is 2. The first-order valence-electron chi connectivity index (χ1n) is 12.1. The first-order valence-corrected chi connectivity index (χ1v) is 12.1. The van der Waals surface area contributed by atoms with Crippen LogP contribution in [-0.2, 0) is 11.3 Å². The van der Waals surface area contributed by atoms with Crippen LogP contribution >= 0.6 is 0 Å². The largest absolute Gasteiger partial charge is 0.493 e. The third-order valence-corrected chi connectivity index (χ3v) is 6.86. The number of fused-ring (bicyclic) bond motifs is 1. The van der Waals surface area contributed by atoms with Crippen LogP contribution in [0.5, 0.6) is 5.88 Å². The van der Waals surface area contributed by atoms with Crippen LogP contribution in [0.2, 0.25) is 0 Å². The summed E-state index contributed by atoms with van der Waals surface area (Å²) in [7, 11) is 0. The zero-order valence-corrected chi connectivity index (χ0v) is 19.9. The second-order valence-corrected chi connectivity index (χ2v) is 9.37. The summed E-state index contributed by atoms with van der Waals surface area (Å²) in [6.07, 6.45) is 2.30. The van der Waals surface area contributed by atoms with Crippen molar-refractivity contribution in [1.29, 1.82) is 0 Å². The molecule has 2 aliphatic heterocycles. The summed E-state index contributed by atoms with van der Waals surface area (Å²) in [5.74, 6) is -0.0916. The first-order chi connectivity index (χ1) is 16.5. The van der Waals surface area contributed by atoms with Crippen molar-refractivity contribution in [2.75, 3.05) is 49.6 Å². The summed E-state index contributed by atoms with van der Waals surface area (Å²) in [5, 5.41) is 13.9. The summed E-state index contributed by atoms with van der Waals surface area (Å²) in [4.78, 5) is 22.6. The van der Waals surface area contributed by atoms with Gasteiger partial charge in [-0.25, -0.2) is 4.98 Å². The van der Waals surface area contributed by atoms with Gasteiger partial charge in [0.1, 0.15) is 0 Å². The number of rotatable bonds is 5. The Morgan fingerprint density at radius 2 is 1.79 bits per heavy atom. The van der Waals surface area contributed by atoms with Gasteiger partial charge >= 0.3 is 0 Å². The van der Waals surface area contributed by atoms with Gasteiger partial charge in [0.2, 0.25) is 5.88 Å². The summed E-state index contributed by atoms with van der Waals surface area (Å²) >= 11 is 0. The Bertz CT molecular complexity index is 1210. The van der Waals surface area contributed by atoms with E-state index in [-0.39, 0.29) is 11.8 Å². The second kappa shape index (κ2) is 9.60. The molecule has 2 N–H and O–H groups in total. The number of morpholine rings is 1. The normalized spacial score (nSPS) is 16.8. The quantitative estimate of drug-likeness (QED) is 0.593. The van der Waals surface area contributed by atoms with Crippen LogP contribution in [0.25, 0.3) is 10.9 Å². The molecule has 1 aromatic heterocycles. The van der Waals surface area contributed by atoms with Crippen molar-refractivity contribution in [3.05, 3.63) is 58.7 Å². The molecule has 7 nitrogen and oxygen atoms in total. The van der Waals surface area contributed by atoms with E-state index in [0.29, 0.717) is 5.56 Å². The van der Waals surface area contributed by atoms with E-state index in [2.05, 4.69) is 38.3 Å². The standard InChI is InChI=1S/C27H32N4O3/c1-18-14-26(32)28-24-13-19(2)23(16-21(18)24)29-27(33)22-15-20(17-30-9-11-34-12-10-30)5-6-25(22)31-7-3-4-8-31/h5-6,13-16H,3-4,7-12,17H2,1-2H3,(H,28,32)(H,29,33). The number of aromatic hydroxyl groups is 1. The molecule has 0 atom stereocenters. The van der Waals surface area contributed by atoms with Gasteiger partial charge in [0, 0.05) is 55.6 Å². The molecular weight excluding hydrogens is 428 g/mol. The number of amides is 1. The topological polar surface area (TPSA) is 77.9 Å². The minimum absolute atomic E-state index is 0.00789. The van der Waals surface area contributed by atoms with Gasteiger partial charge in [0.15, 0.2) is 0 Å². The fraction of sp³-hybridized carbons (Fsp3) is 0.407. The summed E-state index contributed by atoms with van der Waals surface area (Å²) in [5.41, 5.74) is 6.17. The lowest BCUT2D eigenvalue weighted by atomic mass is 10.0. The third kappa shape index (κ3) is 4.72. The number of carbonyl (C=O) groups excluding carboxylic acids is 1. The van der Waals surface area contributed by atoms with Gasteiger partial charge in [-0.3, -0.25) is 9.69 Å². The van der Waals surface area contributed by atoms with Crippen molar-refractivity contribution >= 4 is 28.2 Å². The molecule has 5 rings (SSSR count). The monoisotopic (exact) mass is 460 g/mol. The van der Waals surface area contributed by atoms with Crippen molar-refractivity contribution in [3.63, 3.8) is 0 Å². The number of hydrogen-bond donors (Lipinski definition) is 2. The van der Waals surface area contributed by atoms with Crippen molar-refractivity contribution in [3.8, 4) is 5.88 Å². The molecule has 0 aliphatic carbocycles. The molecule has 0 radical (unpaired) electrons. The molecule has 2 aromatic carbocycles. The summed E-state index contributed by atoms with van der Waals surface area (Å²) in [6.45, 7) is 9.99. The third-order valence-electron chi connectivity index (χ3n) is 6.86. The summed E-state index contributed by atoms with van der Waals surface area (Å²) in [6, 6.07) is 11.8. The number of nitrogens with zero attached hydrogens (tertiary/aromatic N) is 3. The number of carbonyl (C=O) groups is 1. The minimum atomic E-state index is -0.0995. The molecule has 2 aliphatic rings. The van der Waals surface area contributed by atoms with E-state index < -0.39 is 0 Å².